The number of ether oxygens (including phenoxy) is 2. The standard InChI is InChI=1S/C25H22ClNO3.C11H15ClN4O2/c1-17(2)24(18-11-13-20(26)14-12-18)25(28)30-23(16-27)19-7-6-10-22(15-19)29-21-8-4-3-5-9-21;1-3-15(11(13-2)8-16(17)18)7-9-4-5-10(12)14-6-9/h3-15,17,23-24H,1-2H3;4-6,8,13H,3,7H2,1-2H3/b;11-8+/t23-,24+;/m1./s1. The Labute approximate surface area is 290 Å². The summed E-state index contributed by atoms with van der Waals surface area (Å²) < 4.78 is 11.4. The smallest absolute Gasteiger partial charge is 0.315 e. The van der Waals surface area contributed by atoms with Crippen molar-refractivity contribution < 1.29 is 19.2 Å². The summed E-state index contributed by atoms with van der Waals surface area (Å²) in [6.45, 7) is 6.98. The lowest BCUT2D eigenvalue weighted by atomic mass is 9.88. The number of nitrogens with zero attached hydrogens (tertiary/aromatic N) is 4. The number of carbonyl (C=O) groups is 1. The summed E-state index contributed by atoms with van der Waals surface area (Å²) in [5.41, 5.74) is 2.29. The molecule has 250 valence electrons. The van der Waals surface area contributed by atoms with Crippen LogP contribution in [0.5, 0.6) is 11.5 Å². The first kappa shape index (κ1) is 37.3. The van der Waals surface area contributed by atoms with Gasteiger partial charge >= 0.3 is 5.97 Å². The summed E-state index contributed by atoms with van der Waals surface area (Å²) in [5, 5.41) is 24.0. The van der Waals surface area contributed by atoms with Crippen molar-refractivity contribution in [1.82, 2.24) is 15.2 Å². The normalized spacial score (nSPS) is 12.1. The topological polar surface area (TPSA) is 131 Å². The molecule has 10 nitrogen and oxygen atoms in total. The largest absolute Gasteiger partial charge is 0.457 e. The summed E-state index contributed by atoms with van der Waals surface area (Å²) in [6.07, 6.45) is 1.57. The molecule has 4 rings (SSSR count). The Bertz CT molecular complexity index is 1690. The van der Waals surface area contributed by atoms with E-state index in [1.54, 1.807) is 55.7 Å². The van der Waals surface area contributed by atoms with Crippen LogP contribution in [0.15, 0.2) is 109 Å². The molecule has 0 saturated heterocycles. The van der Waals surface area contributed by atoms with E-state index in [4.69, 9.17) is 32.7 Å². The van der Waals surface area contributed by atoms with Gasteiger partial charge in [-0.3, -0.25) is 14.9 Å². The summed E-state index contributed by atoms with van der Waals surface area (Å²) >= 11 is 11.7. The highest BCUT2D eigenvalue weighted by molar-refractivity contribution is 6.30. The zero-order valence-electron chi connectivity index (χ0n) is 27.0. The summed E-state index contributed by atoms with van der Waals surface area (Å²) in [4.78, 5) is 28.8. The fraction of sp³-hybridized carbons (Fsp3) is 0.250. The van der Waals surface area contributed by atoms with Gasteiger partial charge in [0.2, 0.25) is 6.10 Å². The van der Waals surface area contributed by atoms with E-state index in [0.717, 1.165) is 17.3 Å². The highest BCUT2D eigenvalue weighted by atomic mass is 35.5. The van der Waals surface area contributed by atoms with Crippen molar-refractivity contribution in [3.63, 3.8) is 0 Å². The predicted octanol–water partition coefficient (Wildman–Crippen LogP) is 8.53. The van der Waals surface area contributed by atoms with Crippen molar-refractivity contribution in [3.8, 4) is 17.6 Å². The molecule has 0 aliphatic carbocycles. The first-order valence-corrected chi connectivity index (χ1v) is 15.9. The molecule has 0 bridgehead atoms. The van der Waals surface area contributed by atoms with Crippen LogP contribution in [-0.4, -0.2) is 34.4 Å². The maximum absolute atomic E-state index is 13.0. The quantitative estimate of drug-likeness (QED) is 0.0635. The van der Waals surface area contributed by atoms with Gasteiger partial charge in [-0.15, -0.1) is 0 Å². The number of hydrogen-bond acceptors (Lipinski definition) is 9. The number of carbonyl (C=O) groups excluding carboxylic acids is 1. The van der Waals surface area contributed by atoms with E-state index in [2.05, 4.69) is 16.4 Å². The molecule has 4 aromatic rings. The molecule has 0 radical (unpaired) electrons. The number of nitriles is 1. The van der Waals surface area contributed by atoms with Crippen LogP contribution in [0.25, 0.3) is 0 Å². The second-order valence-electron chi connectivity index (χ2n) is 10.8. The molecular weight excluding hydrogens is 653 g/mol. The van der Waals surface area contributed by atoms with Crippen LogP contribution in [0.2, 0.25) is 10.2 Å². The monoisotopic (exact) mass is 689 g/mol. The van der Waals surface area contributed by atoms with Gasteiger partial charge in [0, 0.05) is 36.9 Å². The lowest BCUT2D eigenvalue weighted by Crippen LogP contribution is -2.30. The minimum absolute atomic E-state index is 0.00855. The van der Waals surface area contributed by atoms with Crippen molar-refractivity contribution in [2.45, 2.75) is 39.3 Å². The van der Waals surface area contributed by atoms with Gasteiger partial charge in [0.05, 0.1) is 10.8 Å². The van der Waals surface area contributed by atoms with Crippen molar-refractivity contribution in [2.24, 2.45) is 5.92 Å². The van der Waals surface area contributed by atoms with E-state index in [1.165, 1.54) is 0 Å². The number of esters is 1. The summed E-state index contributed by atoms with van der Waals surface area (Å²) in [6, 6.07) is 29.1. The Morgan fingerprint density at radius 1 is 1.02 bits per heavy atom. The third kappa shape index (κ3) is 11.6. The van der Waals surface area contributed by atoms with Crippen molar-refractivity contribution >= 4 is 29.2 Å². The number of nitrogens with one attached hydrogen (secondary N) is 1. The first-order valence-electron chi connectivity index (χ1n) is 15.1. The second kappa shape index (κ2) is 18.9. The number of benzene rings is 3. The van der Waals surface area contributed by atoms with Gasteiger partial charge in [-0.2, -0.15) is 5.26 Å². The zero-order chi connectivity index (χ0) is 35.1. The molecule has 0 unspecified atom stereocenters. The molecular formula is C36H37Cl2N5O5. The zero-order valence-corrected chi connectivity index (χ0v) is 28.6. The number of nitro groups is 1. The lowest BCUT2D eigenvalue weighted by Gasteiger charge is -2.23. The van der Waals surface area contributed by atoms with Gasteiger partial charge in [-0.05, 0) is 66.4 Å². The van der Waals surface area contributed by atoms with Crippen molar-refractivity contribution in [2.75, 3.05) is 13.6 Å². The predicted molar refractivity (Wildman–Crippen MR) is 186 cm³/mol. The number of aromatic nitrogens is 1. The van der Waals surface area contributed by atoms with Crippen LogP contribution in [0.4, 0.5) is 0 Å². The number of hydrogen-bond donors (Lipinski definition) is 1. The number of halogens is 2. The molecule has 1 heterocycles. The van der Waals surface area contributed by atoms with Crippen LogP contribution in [0, 0.1) is 27.4 Å². The molecule has 1 aromatic heterocycles. The number of para-hydroxylation sites is 1. The maximum Gasteiger partial charge on any atom is 0.315 e. The third-order valence-electron chi connectivity index (χ3n) is 7.01. The minimum atomic E-state index is -1.04. The van der Waals surface area contributed by atoms with Gasteiger partial charge in [0.1, 0.15) is 22.7 Å². The summed E-state index contributed by atoms with van der Waals surface area (Å²) in [7, 11) is 1.65. The van der Waals surface area contributed by atoms with Gasteiger partial charge in [-0.25, -0.2) is 4.98 Å². The van der Waals surface area contributed by atoms with Crippen LogP contribution in [-0.2, 0) is 16.1 Å². The lowest BCUT2D eigenvalue weighted by molar-refractivity contribution is -0.404. The molecule has 3 aromatic carbocycles. The average molecular weight is 691 g/mol. The van der Waals surface area contributed by atoms with Gasteiger partial charge in [0.15, 0.2) is 5.82 Å². The fourth-order valence-corrected chi connectivity index (χ4v) is 4.92. The second-order valence-corrected chi connectivity index (χ2v) is 11.6. The van der Waals surface area contributed by atoms with E-state index >= 15 is 0 Å². The van der Waals surface area contributed by atoms with Crippen LogP contribution in [0.1, 0.15) is 49.5 Å². The Morgan fingerprint density at radius 3 is 2.27 bits per heavy atom. The molecule has 1 N–H and O–H groups in total. The van der Waals surface area contributed by atoms with Gasteiger partial charge in [-0.1, -0.05) is 85.6 Å². The average Bonchev–Trinajstić information content (AvgIpc) is 3.07. The Hall–Kier alpha value is -5.11. The summed E-state index contributed by atoms with van der Waals surface area (Å²) in [5.74, 6) is 0.745. The van der Waals surface area contributed by atoms with Gasteiger partial charge < -0.3 is 19.7 Å². The molecule has 0 saturated carbocycles. The van der Waals surface area contributed by atoms with Crippen LogP contribution >= 0.6 is 23.2 Å². The van der Waals surface area contributed by atoms with Crippen LogP contribution in [0.3, 0.4) is 0 Å². The van der Waals surface area contributed by atoms with E-state index in [9.17, 15) is 20.2 Å². The molecule has 0 fully saturated rings. The highest BCUT2D eigenvalue weighted by Gasteiger charge is 2.29. The Balaban J connectivity index is 0.000000297. The molecule has 2 atom stereocenters. The molecule has 0 spiro atoms. The van der Waals surface area contributed by atoms with Gasteiger partial charge in [0.25, 0.3) is 6.20 Å². The molecule has 0 aliphatic heterocycles. The molecule has 0 amide bonds. The maximum atomic E-state index is 13.0. The van der Waals surface area contributed by atoms with Crippen molar-refractivity contribution in [3.05, 3.63) is 146 Å². The first-order chi connectivity index (χ1) is 23.0. The van der Waals surface area contributed by atoms with E-state index in [-0.39, 0.29) is 5.92 Å². The third-order valence-corrected chi connectivity index (χ3v) is 7.48. The van der Waals surface area contributed by atoms with E-state index in [1.807, 2.05) is 74.2 Å². The van der Waals surface area contributed by atoms with Crippen LogP contribution < -0.4 is 10.1 Å². The van der Waals surface area contributed by atoms with E-state index in [0.29, 0.717) is 46.1 Å². The Morgan fingerprint density at radius 2 is 1.71 bits per heavy atom. The van der Waals surface area contributed by atoms with Crippen molar-refractivity contribution in [1.29, 1.82) is 5.26 Å². The SMILES string of the molecule is CC(C)[C@H](C(=O)O[C@H](C#N)c1cccc(Oc2ccccc2)c1)c1ccc(Cl)cc1.CCN(Cc1ccc(Cl)nc1)/C(=C/[N+](=O)[O-])NC. The minimum Gasteiger partial charge on any atom is -0.457 e. The fourth-order valence-electron chi connectivity index (χ4n) is 4.68. The molecule has 0 aliphatic rings. The highest BCUT2D eigenvalue weighted by Crippen LogP contribution is 2.31. The number of pyridine rings is 1. The molecule has 48 heavy (non-hydrogen) atoms. The Kier molecular flexibility index (Phi) is 14.7. The van der Waals surface area contributed by atoms with E-state index < -0.39 is 22.9 Å². The molecule has 12 heteroatoms. The number of rotatable bonds is 13.